The van der Waals surface area contributed by atoms with Crippen LogP contribution in [0.25, 0.3) is 0 Å². The Morgan fingerprint density at radius 1 is 1.50 bits per heavy atom. The van der Waals surface area contributed by atoms with Crippen LogP contribution in [0.3, 0.4) is 0 Å². The summed E-state index contributed by atoms with van der Waals surface area (Å²) in [5.74, 6) is 0.750. The quantitative estimate of drug-likeness (QED) is 0.621. The van der Waals surface area contributed by atoms with Gasteiger partial charge in [0, 0.05) is 4.83 Å². The van der Waals surface area contributed by atoms with E-state index in [1.807, 2.05) is 0 Å². The Hall–Kier alpha value is 0.480. The molecule has 49 valence electrons. The van der Waals surface area contributed by atoms with Gasteiger partial charge in [-0.2, -0.15) is 0 Å². The molecule has 0 aliphatic heterocycles. The average Bonchev–Trinajstić information content (AvgIpc) is 1.84. The molecule has 0 nitrogen and oxygen atoms in total. The van der Waals surface area contributed by atoms with Crippen molar-refractivity contribution in [1.29, 1.82) is 0 Å². The Kier molecular flexibility index (Phi) is 4.63. The lowest BCUT2D eigenvalue weighted by molar-refractivity contribution is 0.611. The van der Waals surface area contributed by atoms with Crippen LogP contribution >= 0.6 is 15.9 Å². The van der Waals surface area contributed by atoms with Crippen molar-refractivity contribution in [3.8, 4) is 0 Å². The highest BCUT2D eigenvalue weighted by atomic mass is 79.9. The Bertz CT molecular complexity index is 44.3. The molecule has 0 aromatic heterocycles. The van der Waals surface area contributed by atoms with E-state index in [9.17, 15) is 0 Å². The number of rotatable bonds is 3. The van der Waals surface area contributed by atoms with Gasteiger partial charge in [-0.25, -0.2) is 0 Å². The molecule has 0 heterocycles. The van der Waals surface area contributed by atoms with Gasteiger partial charge in [0.1, 0.15) is 0 Å². The van der Waals surface area contributed by atoms with Gasteiger partial charge in [0.25, 0.3) is 0 Å². The Morgan fingerprint density at radius 3 is 2.12 bits per heavy atom. The van der Waals surface area contributed by atoms with Crippen molar-refractivity contribution in [3.63, 3.8) is 0 Å². The van der Waals surface area contributed by atoms with E-state index in [1.165, 1.54) is 11.2 Å². The third-order valence-electron chi connectivity index (χ3n) is 1.48. The molecule has 0 aliphatic rings. The molecule has 1 unspecified atom stereocenters. The summed E-state index contributed by atoms with van der Waals surface area (Å²) in [6.07, 6.45) is 2.41. The number of halogens is 1. The van der Waals surface area contributed by atoms with Gasteiger partial charge in [0.2, 0.25) is 0 Å². The molecule has 8 heavy (non-hydrogen) atoms. The zero-order valence-electron chi connectivity index (χ0n) is 5.87. The normalized spacial score (nSPS) is 14.6. The summed E-state index contributed by atoms with van der Waals surface area (Å²) in [4.78, 5) is 1.44. The lowest BCUT2D eigenvalue weighted by atomic mass is 10.0. The second-order valence-corrected chi connectivity index (χ2v) is 3.13. The minimum atomic E-state index is 0.750. The van der Waals surface area contributed by atoms with Crippen LogP contribution in [0.2, 0.25) is 0 Å². The Balaban J connectivity index is 3.29. The van der Waals surface area contributed by atoms with Crippen LogP contribution in [0.5, 0.6) is 0 Å². The highest BCUT2D eigenvalue weighted by molar-refractivity contribution is 9.11. The molecule has 1 atom stereocenters. The summed E-state index contributed by atoms with van der Waals surface area (Å²) in [5, 5.41) is 0. The first-order chi connectivity index (χ1) is 3.72. The first-order valence-corrected chi connectivity index (χ1v) is 4.02. The van der Waals surface area contributed by atoms with E-state index in [0.717, 1.165) is 12.3 Å². The molecule has 0 spiro atoms. The molecule has 0 rings (SSSR count). The predicted octanol–water partition coefficient (Wildman–Crippen LogP) is 3.37. The molecule has 0 saturated carbocycles. The van der Waals surface area contributed by atoms with E-state index in [4.69, 9.17) is 0 Å². The van der Waals surface area contributed by atoms with Crippen molar-refractivity contribution in [1.82, 2.24) is 0 Å². The number of hydrogen-bond donors (Lipinski definition) is 0. The van der Waals surface area contributed by atoms with Crippen molar-refractivity contribution < 1.29 is 0 Å². The molecular formula is C7H14Br. The summed E-state index contributed by atoms with van der Waals surface area (Å²) in [6, 6.07) is 0. The maximum atomic E-state index is 3.52. The van der Waals surface area contributed by atoms with Crippen molar-refractivity contribution in [2.45, 2.75) is 33.6 Å². The largest absolute Gasteiger partial charge is 0.0835 e. The first kappa shape index (κ1) is 8.48. The van der Waals surface area contributed by atoms with Gasteiger partial charge in [-0.05, 0) is 12.3 Å². The standard InChI is InChI=1S/C7H14Br/c1-4-6(3)7(8)5-2/h6H,4-5H2,1-3H3. The molecule has 0 fully saturated rings. The van der Waals surface area contributed by atoms with E-state index in [1.54, 1.807) is 0 Å². The van der Waals surface area contributed by atoms with Crippen LogP contribution in [0.15, 0.2) is 0 Å². The summed E-state index contributed by atoms with van der Waals surface area (Å²) in [6.45, 7) is 6.63. The van der Waals surface area contributed by atoms with E-state index in [-0.39, 0.29) is 0 Å². The van der Waals surface area contributed by atoms with Gasteiger partial charge in [-0.3, -0.25) is 0 Å². The molecule has 0 saturated heterocycles. The fourth-order valence-electron chi connectivity index (χ4n) is 0.570. The smallest absolute Gasteiger partial charge is 0.0436 e. The molecular weight excluding hydrogens is 164 g/mol. The average molecular weight is 178 g/mol. The highest BCUT2D eigenvalue weighted by Gasteiger charge is 2.08. The predicted molar refractivity (Wildman–Crippen MR) is 41.9 cm³/mol. The van der Waals surface area contributed by atoms with E-state index < -0.39 is 0 Å². The second-order valence-electron chi connectivity index (χ2n) is 2.11. The van der Waals surface area contributed by atoms with E-state index in [2.05, 4.69) is 36.7 Å². The molecule has 0 aromatic rings. The van der Waals surface area contributed by atoms with Gasteiger partial charge in [-0.15, -0.1) is 0 Å². The minimum Gasteiger partial charge on any atom is -0.0835 e. The fourth-order valence-corrected chi connectivity index (χ4v) is 0.894. The maximum absolute atomic E-state index is 3.52. The molecule has 0 aliphatic carbocycles. The topological polar surface area (TPSA) is 0 Å². The SMILES string of the molecule is CC[C](Br)C(C)CC. The summed E-state index contributed by atoms with van der Waals surface area (Å²) < 4.78 is 0. The van der Waals surface area contributed by atoms with Crippen LogP contribution in [-0.2, 0) is 0 Å². The minimum absolute atomic E-state index is 0.750. The van der Waals surface area contributed by atoms with Crippen LogP contribution in [-0.4, -0.2) is 0 Å². The highest BCUT2D eigenvalue weighted by Crippen LogP contribution is 2.26. The van der Waals surface area contributed by atoms with Crippen LogP contribution in [0.4, 0.5) is 0 Å². The third kappa shape index (κ3) is 2.71. The molecule has 0 N–H and O–H groups in total. The van der Waals surface area contributed by atoms with Gasteiger partial charge in [-0.1, -0.05) is 43.1 Å². The van der Waals surface area contributed by atoms with Crippen molar-refractivity contribution in [3.05, 3.63) is 4.83 Å². The lowest BCUT2D eigenvalue weighted by Crippen LogP contribution is -1.98. The number of hydrogen-bond acceptors (Lipinski definition) is 0. The van der Waals surface area contributed by atoms with Crippen molar-refractivity contribution in [2.24, 2.45) is 5.92 Å². The van der Waals surface area contributed by atoms with Gasteiger partial charge >= 0.3 is 0 Å². The molecule has 0 bridgehead atoms. The Labute approximate surface area is 60.8 Å². The summed E-state index contributed by atoms with van der Waals surface area (Å²) >= 11 is 3.52. The van der Waals surface area contributed by atoms with Gasteiger partial charge < -0.3 is 0 Å². The third-order valence-corrected chi connectivity index (χ3v) is 2.83. The molecule has 0 amide bonds. The summed E-state index contributed by atoms with van der Waals surface area (Å²) in [5.41, 5.74) is 0. The molecule has 0 aromatic carbocycles. The summed E-state index contributed by atoms with van der Waals surface area (Å²) in [7, 11) is 0. The second kappa shape index (κ2) is 4.37. The van der Waals surface area contributed by atoms with Crippen molar-refractivity contribution >= 4 is 15.9 Å². The van der Waals surface area contributed by atoms with Gasteiger partial charge in [0.15, 0.2) is 0 Å². The monoisotopic (exact) mass is 177 g/mol. The fraction of sp³-hybridized carbons (Fsp3) is 0.857. The van der Waals surface area contributed by atoms with Crippen LogP contribution in [0.1, 0.15) is 33.6 Å². The first-order valence-electron chi connectivity index (χ1n) is 3.23. The molecule has 1 radical (unpaired) electrons. The lowest BCUT2D eigenvalue weighted by Gasteiger charge is -2.11. The van der Waals surface area contributed by atoms with Gasteiger partial charge in [0.05, 0.1) is 0 Å². The van der Waals surface area contributed by atoms with E-state index in [0.29, 0.717) is 0 Å². The van der Waals surface area contributed by atoms with Crippen molar-refractivity contribution in [2.75, 3.05) is 0 Å². The Morgan fingerprint density at radius 2 is 2.00 bits per heavy atom. The maximum Gasteiger partial charge on any atom is 0.0436 e. The van der Waals surface area contributed by atoms with E-state index >= 15 is 0 Å². The zero-order chi connectivity index (χ0) is 6.57. The van der Waals surface area contributed by atoms with Crippen LogP contribution in [0, 0.1) is 10.7 Å². The zero-order valence-corrected chi connectivity index (χ0v) is 7.46. The van der Waals surface area contributed by atoms with Crippen LogP contribution < -0.4 is 0 Å². The molecule has 1 heteroatoms.